The third-order valence-corrected chi connectivity index (χ3v) is 4.36. The second-order valence-corrected chi connectivity index (χ2v) is 5.89. The summed E-state index contributed by atoms with van der Waals surface area (Å²) in [4.78, 5) is 0. The van der Waals surface area contributed by atoms with Gasteiger partial charge in [0, 0.05) is 32.6 Å². The van der Waals surface area contributed by atoms with Crippen LogP contribution in [-0.2, 0) is 15.9 Å². The molecule has 1 aliphatic rings. The molecule has 2 heterocycles. The predicted molar refractivity (Wildman–Crippen MR) is 75.8 cm³/mol. The molecule has 1 N–H and O–H groups in total. The summed E-state index contributed by atoms with van der Waals surface area (Å²) in [5.41, 5.74) is 0. The van der Waals surface area contributed by atoms with Crippen LogP contribution in [0.4, 0.5) is 0 Å². The molecular weight excluding hydrogens is 262 g/mol. The second kappa shape index (κ2) is 8.58. The van der Waals surface area contributed by atoms with Crippen LogP contribution in [0.3, 0.4) is 0 Å². The lowest BCUT2D eigenvalue weighted by molar-refractivity contribution is 0.0802. The first-order valence-electron chi connectivity index (χ1n) is 7.00. The normalized spacial score (nSPS) is 19.7. The van der Waals surface area contributed by atoms with Crippen molar-refractivity contribution in [2.24, 2.45) is 0 Å². The van der Waals surface area contributed by atoms with Crippen LogP contribution >= 0.6 is 11.3 Å². The van der Waals surface area contributed by atoms with Crippen molar-refractivity contribution in [3.05, 3.63) is 10.0 Å². The van der Waals surface area contributed by atoms with E-state index in [1.54, 1.807) is 18.4 Å². The number of rotatable bonds is 8. The largest absolute Gasteiger partial charge is 0.383 e. The van der Waals surface area contributed by atoms with E-state index >= 15 is 0 Å². The number of aromatic nitrogens is 2. The van der Waals surface area contributed by atoms with Gasteiger partial charge in [0.2, 0.25) is 0 Å². The van der Waals surface area contributed by atoms with E-state index in [4.69, 9.17) is 9.47 Å². The first-order chi connectivity index (χ1) is 9.40. The van der Waals surface area contributed by atoms with Crippen LogP contribution in [0.15, 0.2) is 0 Å². The maximum atomic E-state index is 5.50. The van der Waals surface area contributed by atoms with Gasteiger partial charge in [-0.05, 0) is 25.8 Å². The van der Waals surface area contributed by atoms with Crippen molar-refractivity contribution in [2.75, 3.05) is 40.0 Å². The van der Waals surface area contributed by atoms with Crippen LogP contribution in [0.25, 0.3) is 0 Å². The van der Waals surface area contributed by atoms with Gasteiger partial charge in [0.25, 0.3) is 0 Å². The number of hydrogen-bond donors (Lipinski definition) is 1. The van der Waals surface area contributed by atoms with Crippen molar-refractivity contribution in [1.29, 1.82) is 0 Å². The Hall–Kier alpha value is -0.560. The van der Waals surface area contributed by atoms with Crippen molar-refractivity contribution in [2.45, 2.75) is 31.6 Å². The van der Waals surface area contributed by atoms with Gasteiger partial charge in [-0.15, -0.1) is 21.5 Å². The minimum atomic E-state index is 0.472. The van der Waals surface area contributed by atoms with Crippen LogP contribution in [0.1, 0.15) is 35.2 Å². The zero-order chi connectivity index (χ0) is 13.3. The van der Waals surface area contributed by atoms with Crippen LogP contribution in [0.5, 0.6) is 0 Å². The van der Waals surface area contributed by atoms with Gasteiger partial charge in [0.1, 0.15) is 10.0 Å². The molecule has 0 aromatic carbocycles. The number of nitrogens with one attached hydrogen (secondary N) is 1. The van der Waals surface area contributed by atoms with Crippen molar-refractivity contribution in [3.8, 4) is 0 Å². The zero-order valence-electron chi connectivity index (χ0n) is 11.6. The molecule has 1 unspecified atom stereocenters. The minimum absolute atomic E-state index is 0.472. The number of aryl methyl sites for hydroxylation is 1. The first kappa shape index (κ1) is 14.8. The fourth-order valence-corrected chi connectivity index (χ4v) is 3.14. The first-order valence-corrected chi connectivity index (χ1v) is 7.81. The Morgan fingerprint density at radius 3 is 3.16 bits per heavy atom. The number of ether oxygens (including phenoxy) is 2. The maximum Gasteiger partial charge on any atom is 0.122 e. The summed E-state index contributed by atoms with van der Waals surface area (Å²) in [7, 11) is 1.72. The number of hydrogen-bond acceptors (Lipinski definition) is 6. The lowest BCUT2D eigenvalue weighted by Crippen LogP contribution is -2.20. The Balaban J connectivity index is 1.66. The van der Waals surface area contributed by atoms with E-state index in [1.165, 1.54) is 6.42 Å². The fourth-order valence-electron chi connectivity index (χ4n) is 2.13. The second-order valence-electron chi connectivity index (χ2n) is 4.79. The van der Waals surface area contributed by atoms with Crippen molar-refractivity contribution >= 4 is 11.3 Å². The topological polar surface area (TPSA) is 56.3 Å². The van der Waals surface area contributed by atoms with Crippen LogP contribution < -0.4 is 5.32 Å². The standard InChI is InChI=1S/C13H23N3O2S/c1-17-9-7-14-6-2-5-12-15-16-13(19-12)11-4-3-8-18-10-11/h11,14H,2-10H2,1H3. The van der Waals surface area contributed by atoms with Gasteiger partial charge in [-0.2, -0.15) is 0 Å². The summed E-state index contributed by atoms with van der Waals surface area (Å²) in [5, 5.41) is 14.2. The summed E-state index contributed by atoms with van der Waals surface area (Å²) < 4.78 is 10.5. The van der Waals surface area contributed by atoms with Crippen molar-refractivity contribution in [3.63, 3.8) is 0 Å². The third kappa shape index (κ3) is 5.14. The highest BCUT2D eigenvalue weighted by Gasteiger charge is 2.19. The molecule has 19 heavy (non-hydrogen) atoms. The van der Waals surface area contributed by atoms with Gasteiger partial charge < -0.3 is 14.8 Å². The smallest absolute Gasteiger partial charge is 0.122 e. The molecule has 0 saturated carbocycles. The van der Waals surface area contributed by atoms with Gasteiger partial charge >= 0.3 is 0 Å². The molecule has 5 nitrogen and oxygen atoms in total. The summed E-state index contributed by atoms with van der Waals surface area (Å²) in [6.45, 7) is 4.40. The van der Waals surface area contributed by atoms with E-state index in [-0.39, 0.29) is 0 Å². The molecule has 108 valence electrons. The monoisotopic (exact) mass is 285 g/mol. The van der Waals surface area contributed by atoms with Gasteiger partial charge in [-0.25, -0.2) is 0 Å². The minimum Gasteiger partial charge on any atom is -0.383 e. The van der Waals surface area contributed by atoms with Crippen LogP contribution in [0.2, 0.25) is 0 Å². The molecule has 2 rings (SSSR count). The summed E-state index contributed by atoms with van der Waals surface area (Å²) in [6.07, 6.45) is 4.43. The average molecular weight is 285 g/mol. The summed E-state index contributed by atoms with van der Waals surface area (Å²) in [5.74, 6) is 0.472. The molecule has 1 atom stereocenters. The molecule has 1 aromatic rings. The lowest BCUT2D eigenvalue weighted by atomic mass is 10.0. The summed E-state index contributed by atoms with van der Waals surface area (Å²) in [6, 6.07) is 0. The highest BCUT2D eigenvalue weighted by molar-refractivity contribution is 7.11. The Morgan fingerprint density at radius 2 is 2.37 bits per heavy atom. The van der Waals surface area contributed by atoms with E-state index in [1.807, 2.05) is 0 Å². The highest BCUT2D eigenvalue weighted by Crippen LogP contribution is 2.27. The SMILES string of the molecule is COCCNCCCc1nnc(C2CCCOC2)s1. The van der Waals surface area contributed by atoms with E-state index < -0.39 is 0 Å². The lowest BCUT2D eigenvalue weighted by Gasteiger charge is -2.19. The zero-order valence-corrected chi connectivity index (χ0v) is 12.4. The van der Waals surface area contributed by atoms with Gasteiger partial charge in [-0.3, -0.25) is 0 Å². The Kier molecular flexibility index (Phi) is 6.70. The van der Waals surface area contributed by atoms with E-state index in [0.29, 0.717) is 5.92 Å². The van der Waals surface area contributed by atoms with Crippen LogP contribution in [-0.4, -0.2) is 50.2 Å². The van der Waals surface area contributed by atoms with Crippen molar-refractivity contribution in [1.82, 2.24) is 15.5 Å². The average Bonchev–Trinajstić information content (AvgIpc) is 2.92. The molecule has 6 heteroatoms. The molecule has 0 amide bonds. The molecule has 0 bridgehead atoms. The molecule has 0 spiro atoms. The molecule has 0 aliphatic carbocycles. The van der Waals surface area contributed by atoms with E-state index in [9.17, 15) is 0 Å². The third-order valence-electron chi connectivity index (χ3n) is 3.22. The van der Waals surface area contributed by atoms with Gasteiger partial charge in [0.05, 0.1) is 13.2 Å². The number of methoxy groups -OCH3 is 1. The molecule has 1 fully saturated rings. The molecular formula is C13H23N3O2S. The summed E-state index contributed by atoms with van der Waals surface area (Å²) >= 11 is 1.75. The molecule has 1 saturated heterocycles. The van der Waals surface area contributed by atoms with E-state index in [2.05, 4.69) is 15.5 Å². The Morgan fingerprint density at radius 1 is 1.42 bits per heavy atom. The van der Waals surface area contributed by atoms with Crippen molar-refractivity contribution < 1.29 is 9.47 Å². The van der Waals surface area contributed by atoms with E-state index in [0.717, 1.165) is 62.2 Å². The predicted octanol–water partition coefficient (Wildman–Crippen LogP) is 1.60. The Bertz CT molecular complexity index is 353. The maximum absolute atomic E-state index is 5.50. The number of nitrogens with zero attached hydrogens (tertiary/aromatic N) is 2. The van der Waals surface area contributed by atoms with Crippen LogP contribution in [0, 0.1) is 0 Å². The molecule has 1 aromatic heterocycles. The van der Waals surface area contributed by atoms with Gasteiger partial charge in [-0.1, -0.05) is 0 Å². The highest BCUT2D eigenvalue weighted by atomic mass is 32.1. The fraction of sp³-hybridized carbons (Fsp3) is 0.846. The quantitative estimate of drug-likeness (QED) is 0.735. The molecule has 0 radical (unpaired) electrons. The Labute approximate surface area is 118 Å². The van der Waals surface area contributed by atoms with Gasteiger partial charge in [0.15, 0.2) is 0 Å². The molecule has 1 aliphatic heterocycles.